The molecule has 14 heteroatoms. The third-order valence-corrected chi connectivity index (χ3v) is 8.01. The third kappa shape index (κ3) is 12.8. The Morgan fingerprint density at radius 2 is 0.966 bits per heavy atom. The maximum atomic E-state index is 14.3. The largest absolute Gasteiger partial charge is 0.482 e. The van der Waals surface area contributed by atoms with Gasteiger partial charge in [-0.25, -0.2) is 27.2 Å². The first-order valence-electron chi connectivity index (χ1n) is 17.8. The van der Waals surface area contributed by atoms with Gasteiger partial charge in [-0.2, -0.15) is 0 Å². The molecule has 0 aliphatic carbocycles. The SMILES string of the molecule is CC(C)OC(=O)COc1cccc(NC(=O)c2cc(-c3cccc(F)c3)ccc2F)c1.O=C(O)COc1cccc(NC(=O)c2cc(-c3cccc(F)c3)ccc2F)c1. The molecule has 0 radical (unpaired) electrons. The summed E-state index contributed by atoms with van der Waals surface area (Å²) in [5.41, 5.74) is 2.30. The van der Waals surface area contributed by atoms with Gasteiger partial charge in [0.2, 0.25) is 0 Å². The summed E-state index contributed by atoms with van der Waals surface area (Å²) in [6.45, 7) is 2.66. The normalized spacial score (nSPS) is 10.5. The van der Waals surface area contributed by atoms with Gasteiger partial charge in [-0.15, -0.1) is 0 Å². The second-order valence-corrected chi connectivity index (χ2v) is 12.9. The number of hydrogen-bond donors (Lipinski definition) is 3. The number of aliphatic carboxylic acids is 1. The first-order chi connectivity index (χ1) is 28.2. The number of esters is 1. The van der Waals surface area contributed by atoms with Crippen LogP contribution in [0, 0.1) is 23.3 Å². The first-order valence-corrected chi connectivity index (χ1v) is 17.8. The summed E-state index contributed by atoms with van der Waals surface area (Å²) in [6.07, 6.45) is -0.250. The van der Waals surface area contributed by atoms with E-state index in [-0.39, 0.29) is 29.6 Å². The molecule has 0 heterocycles. The zero-order valence-electron chi connectivity index (χ0n) is 31.5. The van der Waals surface area contributed by atoms with Crippen molar-refractivity contribution in [2.45, 2.75) is 20.0 Å². The molecule has 59 heavy (non-hydrogen) atoms. The lowest BCUT2D eigenvalue weighted by atomic mass is 10.0. The van der Waals surface area contributed by atoms with Crippen LogP contribution in [0.4, 0.5) is 28.9 Å². The molecular weight excluding hydrogens is 772 g/mol. The van der Waals surface area contributed by atoms with Crippen LogP contribution in [0.15, 0.2) is 133 Å². The fourth-order valence-corrected chi connectivity index (χ4v) is 5.40. The molecule has 0 unspecified atom stereocenters. The van der Waals surface area contributed by atoms with Crippen molar-refractivity contribution in [3.63, 3.8) is 0 Å². The number of carboxylic acid groups (broad SMARTS) is 1. The maximum Gasteiger partial charge on any atom is 0.344 e. The summed E-state index contributed by atoms with van der Waals surface area (Å²) in [5.74, 6) is -4.74. The Bertz CT molecular complexity index is 2480. The smallest absolute Gasteiger partial charge is 0.344 e. The van der Waals surface area contributed by atoms with E-state index in [1.165, 1.54) is 78.9 Å². The number of ether oxygens (including phenoxy) is 3. The summed E-state index contributed by atoms with van der Waals surface area (Å²) in [7, 11) is 0. The molecule has 6 aromatic carbocycles. The highest BCUT2D eigenvalue weighted by atomic mass is 19.1. The van der Waals surface area contributed by atoms with Crippen molar-refractivity contribution in [2.75, 3.05) is 23.8 Å². The van der Waals surface area contributed by atoms with Crippen LogP contribution in [-0.4, -0.2) is 48.2 Å². The number of benzene rings is 6. The fraction of sp³-hybridized carbons (Fsp3) is 0.111. The number of hydrogen-bond acceptors (Lipinski definition) is 7. The predicted molar refractivity (Wildman–Crippen MR) is 212 cm³/mol. The maximum absolute atomic E-state index is 14.3. The number of anilines is 2. The highest BCUT2D eigenvalue weighted by molar-refractivity contribution is 6.06. The van der Waals surface area contributed by atoms with Crippen molar-refractivity contribution < 1.29 is 56.1 Å². The Morgan fingerprint density at radius 3 is 1.39 bits per heavy atom. The van der Waals surface area contributed by atoms with Gasteiger partial charge in [-0.1, -0.05) is 48.5 Å². The van der Waals surface area contributed by atoms with E-state index in [1.54, 1.807) is 56.3 Å². The molecule has 0 atom stereocenters. The van der Waals surface area contributed by atoms with Crippen LogP contribution in [0.1, 0.15) is 34.6 Å². The molecule has 3 N–H and O–H groups in total. The Morgan fingerprint density at radius 1 is 0.542 bits per heavy atom. The van der Waals surface area contributed by atoms with Gasteiger partial charge in [0.25, 0.3) is 11.8 Å². The molecule has 0 aliphatic heterocycles. The van der Waals surface area contributed by atoms with Crippen molar-refractivity contribution >= 4 is 35.1 Å². The molecule has 6 aromatic rings. The fourth-order valence-electron chi connectivity index (χ4n) is 5.40. The van der Waals surface area contributed by atoms with E-state index in [2.05, 4.69) is 10.6 Å². The second-order valence-electron chi connectivity index (χ2n) is 12.9. The minimum absolute atomic E-state index is 0.186. The molecule has 0 saturated carbocycles. The molecule has 0 saturated heterocycles. The van der Waals surface area contributed by atoms with Crippen molar-refractivity contribution in [3.8, 4) is 33.8 Å². The van der Waals surface area contributed by atoms with Crippen molar-refractivity contribution in [2.24, 2.45) is 0 Å². The van der Waals surface area contributed by atoms with Gasteiger partial charge >= 0.3 is 11.9 Å². The van der Waals surface area contributed by atoms with Gasteiger partial charge in [0, 0.05) is 23.5 Å². The highest BCUT2D eigenvalue weighted by Gasteiger charge is 2.16. The molecule has 0 aliphatic rings. The molecule has 0 aromatic heterocycles. The molecule has 0 spiro atoms. The van der Waals surface area contributed by atoms with Gasteiger partial charge in [0.15, 0.2) is 13.2 Å². The van der Waals surface area contributed by atoms with Gasteiger partial charge < -0.3 is 30.0 Å². The van der Waals surface area contributed by atoms with Crippen LogP contribution >= 0.6 is 0 Å². The summed E-state index contributed by atoms with van der Waals surface area (Å²) >= 11 is 0. The van der Waals surface area contributed by atoms with E-state index in [4.69, 9.17) is 19.3 Å². The Balaban J connectivity index is 0.000000225. The number of carboxylic acids is 1. The molecule has 6 rings (SSSR count). The monoisotopic (exact) mass is 808 g/mol. The number of carbonyl (C=O) groups excluding carboxylic acids is 3. The van der Waals surface area contributed by atoms with Crippen LogP contribution < -0.4 is 20.1 Å². The van der Waals surface area contributed by atoms with Crippen molar-refractivity contribution in [1.29, 1.82) is 0 Å². The quantitative estimate of drug-likeness (QED) is 0.0775. The average molecular weight is 809 g/mol. The van der Waals surface area contributed by atoms with Gasteiger partial charge in [-0.05, 0) is 109 Å². The lowest BCUT2D eigenvalue weighted by molar-refractivity contribution is -0.149. The minimum Gasteiger partial charge on any atom is -0.482 e. The zero-order chi connectivity index (χ0) is 42.5. The number of amides is 2. The van der Waals surface area contributed by atoms with Gasteiger partial charge in [0.05, 0.1) is 17.2 Å². The van der Waals surface area contributed by atoms with Crippen molar-refractivity contribution in [3.05, 3.63) is 168 Å². The van der Waals surface area contributed by atoms with E-state index < -0.39 is 53.6 Å². The topological polar surface area (TPSA) is 140 Å². The molecule has 0 fully saturated rings. The molecule has 302 valence electrons. The summed E-state index contributed by atoms with van der Waals surface area (Å²) in [6, 6.07) is 31.9. The molecule has 0 bridgehead atoms. The van der Waals surface area contributed by atoms with E-state index in [0.717, 1.165) is 12.1 Å². The van der Waals surface area contributed by atoms with Crippen LogP contribution in [-0.2, 0) is 14.3 Å². The highest BCUT2D eigenvalue weighted by Crippen LogP contribution is 2.26. The average Bonchev–Trinajstić information content (AvgIpc) is 3.20. The minimum atomic E-state index is -1.13. The van der Waals surface area contributed by atoms with E-state index >= 15 is 0 Å². The second kappa shape index (κ2) is 20.1. The zero-order valence-corrected chi connectivity index (χ0v) is 31.5. The van der Waals surface area contributed by atoms with Crippen molar-refractivity contribution in [1.82, 2.24) is 0 Å². The number of nitrogens with one attached hydrogen (secondary N) is 2. The van der Waals surface area contributed by atoms with Crippen LogP contribution in [0.25, 0.3) is 22.3 Å². The van der Waals surface area contributed by atoms with E-state index in [9.17, 15) is 36.7 Å². The number of halogens is 4. The van der Waals surface area contributed by atoms with Gasteiger partial charge in [-0.3, -0.25) is 9.59 Å². The first kappa shape index (κ1) is 42.7. The van der Waals surface area contributed by atoms with Gasteiger partial charge in [0.1, 0.15) is 34.8 Å². The Hall–Kier alpha value is -7.48. The lowest BCUT2D eigenvalue weighted by Crippen LogP contribution is -2.18. The Kier molecular flexibility index (Phi) is 14.5. The third-order valence-electron chi connectivity index (χ3n) is 8.01. The predicted octanol–water partition coefficient (Wildman–Crippen LogP) is 9.56. The lowest BCUT2D eigenvalue weighted by Gasteiger charge is -2.11. The van der Waals surface area contributed by atoms with E-state index in [0.29, 0.717) is 39.4 Å². The molecular formula is C45H36F4N2O8. The van der Waals surface area contributed by atoms with Crippen LogP contribution in [0.2, 0.25) is 0 Å². The Labute approximate surface area is 336 Å². The van der Waals surface area contributed by atoms with E-state index in [1.807, 2.05) is 0 Å². The summed E-state index contributed by atoms with van der Waals surface area (Å²) in [5, 5.41) is 13.8. The molecule has 2 amide bonds. The van der Waals surface area contributed by atoms with Crippen LogP contribution in [0.3, 0.4) is 0 Å². The standard InChI is InChI=1S/C24H21F2NO4.C21H15F2NO4/c1-15(2)31-23(28)14-30-20-8-4-7-19(13-20)27-24(29)21-12-17(9-10-22(21)26)16-5-3-6-18(25)11-16;22-15-4-1-3-13(9-15)14-7-8-19(23)18(10-14)21(27)24-16-5-2-6-17(11-16)28-12-20(25)26/h3-13,15H,14H2,1-2H3,(H,27,29);1-11H,12H2,(H,24,27)(H,25,26). The summed E-state index contributed by atoms with van der Waals surface area (Å²) < 4.78 is 70.8. The molecule has 10 nitrogen and oxygen atoms in total. The number of carbonyl (C=O) groups is 4. The summed E-state index contributed by atoms with van der Waals surface area (Å²) in [4.78, 5) is 47.3. The number of rotatable bonds is 13. The van der Waals surface area contributed by atoms with Crippen LogP contribution in [0.5, 0.6) is 11.5 Å².